The van der Waals surface area contributed by atoms with Gasteiger partial charge in [-0.25, -0.2) is 4.79 Å². The highest BCUT2D eigenvalue weighted by atomic mass is 16.6. The molecule has 1 unspecified atom stereocenters. The van der Waals surface area contributed by atoms with Crippen molar-refractivity contribution in [1.29, 1.82) is 0 Å². The molecule has 1 amide bonds. The number of fused-ring (bicyclic) bond motifs is 1. The number of rotatable bonds is 7. The highest BCUT2D eigenvalue weighted by Crippen LogP contribution is 2.31. The predicted octanol–water partition coefficient (Wildman–Crippen LogP) is 2.88. The number of amides is 1. The van der Waals surface area contributed by atoms with Gasteiger partial charge in [-0.3, -0.25) is 0 Å². The van der Waals surface area contributed by atoms with Gasteiger partial charge in [-0.15, -0.1) is 0 Å². The average molecular weight is 349 g/mol. The van der Waals surface area contributed by atoms with Gasteiger partial charge in [0.1, 0.15) is 17.5 Å². The fourth-order valence-electron chi connectivity index (χ4n) is 2.68. The van der Waals surface area contributed by atoms with Crippen molar-refractivity contribution in [2.24, 2.45) is 0 Å². The zero-order valence-electron chi connectivity index (χ0n) is 16.0. The number of anilines is 1. The Labute approximate surface area is 150 Å². The summed E-state index contributed by atoms with van der Waals surface area (Å²) < 4.78 is 11.1. The lowest BCUT2D eigenvalue weighted by atomic mass is 10.1. The highest BCUT2D eigenvalue weighted by molar-refractivity contribution is 5.67. The Bertz CT molecular complexity index is 582. The molecule has 140 valence electrons. The molecule has 2 rings (SSSR count). The van der Waals surface area contributed by atoms with Gasteiger partial charge in [0.05, 0.1) is 6.54 Å². The maximum Gasteiger partial charge on any atom is 0.407 e. The number of hydrogen-bond donors (Lipinski definition) is 2. The third kappa shape index (κ3) is 6.82. The maximum absolute atomic E-state index is 11.7. The Kier molecular flexibility index (Phi) is 6.53. The van der Waals surface area contributed by atoms with Crippen LogP contribution in [0.4, 0.5) is 10.5 Å². The third-order valence-electron chi connectivity index (χ3n) is 3.79. The van der Waals surface area contributed by atoms with E-state index in [1.54, 1.807) is 0 Å². The number of benzene rings is 1. The Hall–Kier alpha value is -1.95. The van der Waals surface area contributed by atoms with Crippen molar-refractivity contribution in [3.8, 4) is 5.75 Å². The first-order chi connectivity index (χ1) is 11.7. The molecule has 1 aromatic carbocycles. The minimum absolute atomic E-state index is 0.0495. The fourth-order valence-corrected chi connectivity index (χ4v) is 2.68. The van der Waals surface area contributed by atoms with Crippen LogP contribution in [0, 0.1) is 0 Å². The van der Waals surface area contributed by atoms with Crippen LogP contribution in [0.1, 0.15) is 32.8 Å². The molecule has 1 aliphatic heterocycles. The van der Waals surface area contributed by atoms with Gasteiger partial charge in [-0.2, -0.15) is 0 Å². The molecule has 0 saturated carbocycles. The molecule has 2 N–H and O–H groups in total. The van der Waals surface area contributed by atoms with E-state index in [2.05, 4.69) is 35.7 Å². The van der Waals surface area contributed by atoms with E-state index in [1.807, 2.05) is 32.9 Å². The topological polar surface area (TPSA) is 62.8 Å². The lowest BCUT2D eigenvalue weighted by Gasteiger charge is -2.20. The molecule has 1 heterocycles. The minimum Gasteiger partial charge on any atom is -0.488 e. The van der Waals surface area contributed by atoms with Crippen LogP contribution in [0.3, 0.4) is 0 Å². The molecule has 1 aromatic rings. The molecule has 0 aromatic heterocycles. The molecule has 0 saturated heterocycles. The fraction of sp³-hybridized carbons (Fsp3) is 0.632. The average Bonchev–Trinajstić information content (AvgIpc) is 2.90. The van der Waals surface area contributed by atoms with Crippen molar-refractivity contribution in [3.63, 3.8) is 0 Å². The number of hydrogen-bond acceptors (Lipinski definition) is 5. The molecule has 1 aliphatic rings. The monoisotopic (exact) mass is 349 g/mol. The normalized spacial score (nSPS) is 16.3. The molecular weight excluding hydrogens is 318 g/mol. The van der Waals surface area contributed by atoms with Crippen molar-refractivity contribution in [1.82, 2.24) is 10.2 Å². The molecule has 0 bridgehead atoms. The molecule has 25 heavy (non-hydrogen) atoms. The number of alkyl carbamates (subject to hydrolysis) is 1. The molecule has 0 radical (unpaired) electrons. The summed E-state index contributed by atoms with van der Waals surface area (Å²) in [7, 11) is 4.16. The van der Waals surface area contributed by atoms with Gasteiger partial charge in [-0.1, -0.05) is 0 Å². The largest absolute Gasteiger partial charge is 0.488 e. The zero-order valence-corrected chi connectivity index (χ0v) is 16.0. The first-order valence-corrected chi connectivity index (χ1v) is 8.88. The minimum atomic E-state index is -0.489. The van der Waals surface area contributed by atoms with Gasteiger partial charge in [0, 0.05) is 18.7 Å². The van der Waals surface area contributed by atoms with Crippen LogP contribution in [0.15, 0.2) is 18.2 Å². The SMILES string of the molecule is CN(C)CCCNc1ccc2c(c1)CC(CNC(=O)OC(C)(C)C)O2. The van der Waals surface area contributed by atoms with Crippen LogP contribution < -0.4 is 15.4 Å². The lowest BCUT2D eigenvalue weighted by Crippen LogP contribution is -2.38. The van der Waals surface area contributed by atoms with Gasteiger partial charge >= 0.3 is 6.09 Å². The second kappa shape index (κ2) is 8.43. The van der Waals surface area contributed by atoms with Crippen LogP contribution in [-0.4, -0.2) is 56.4 Å². The molecule has 1 atom stereocenters. The predicted molar refractivity (Wildman–Crippen MR) is 100 cm³/mol. The second-order valence-corrected chi connectivity index (χ2v) is 7.73. The van der Waals surface area contributed by atoms with E-state index < -0.39 is 11.7 Å². The van der Waals surface area contributed by atoms with Crippen LogP contribution in [0.2, 0.25) is 0 Å². The van der Waals surface area contributed by atoms with E-state index >= 15 is 0 Å². The maximum atomic E-state index is 11.7. The number of nitrogens with zero attached hydrogens (tertiary/aromatic N) is 1. The highest BCUT2D eigenvalue weighted by Gasteiger charge is 2.24. The van der Waals surface area contributed by atoms with E-state index in [1.165, 1.54) is 5.56 Å². The first kappa shape index (κ1) is 19.4. The summed E-state index contributed by atoms with van der Waals surface area (Å²) >= 11 is 0. The molecule has 6 heteroatoms. The quantitative estimate of drug-likeness (QED) is 0.741. The van der Waals surface area contributed by atoms with E-state index in [4.69, 9.17) is 9.47 Å². The number of nitrogens with one attached hydrogen (secondary N) is 2. The summed E-state index contributed by atoms with van der Waals surface area (Å²) in [6, 6.07) is 6.17. The summed E-state index contributed by atoms with van der Waals surface area (Å²) in [5, 5.41) is 6.23. The van der Waals surface area contributed by atoms with Gasteiger partial charge in [-0.05, 0) is 71.6 Å². The van der Waals surface area contributed by atoms with Gasteiger partial charge in [0.25, 0.3) is 0 Å². The van der Waals surface area contributed by atoms with E-state index in [0.717, 1.165) is 37.4 Å². The number of carbonyl (C=O) groups is 1. The molecule has 6 nitrogen and oxygen atoms in total. The Morgan fingerprint density at radius 2 is 2.12 bits per heavy atom. The smallest absolute Gasteiger partial charge is 0.407 e. The Balaban J connectivity index is 1.77. The van der Waals surface area contributed by atoms with Gasteiger partial charge < -0.3 is 25.0 Å². The van der Waals surface area contributed by atoms with E-state index in [0.29, 0.717) is 6.54 Å². The second-order valence-electron chi connectivity index (χ2n) is 7.73. The standard InChI is InChI=1S/C19H31N3O3/c1-19(2,3)25-18(23)21-13-16-12-14-11-15(7-8-17(14)24-16)20-9-6-10-22(4)5/h7-8,11,16,20H,6,9-10,12-13H2,1-5H3,(H,21,23). The Morgan fingerprint density at radius 1 is 1.36 bits per heavy atom. The van der Waals surface area contributed by atoms with Gasteiger partial charge in [0.15, 0.2) is 0 Å². The molecule has 0 fully saturated rings. The van der Waals surface area contributed by atoms with Crippen molar-refractivity contribution in [2.75, 3.05) is 39.0 Å². The Morgan fingerprint density at radius 3 is 2.80 bits per heavy atom. The third-order valence-corrected chi connectivity index (χ3v) is 3.79. The number of ether oxygens (including phenoxy) is 2. The first-order valence-electron chi connectivity index (χ1n) is 8.88. The molecule has 0 aliphatic carbocycles. The van der Waals surface area contributed by atoms with E-state index in [-0.39, 0.29) is 6.10 Å². The van der Waals surface area contributed by atoms with Crippen molar-refractivity contribution in [3.05, 3.63) is 23.8 Å². The van der Waals surface area contributed by atoms with Crippen molar-refractivity contribution >= 4 is 11.8 Å². The lowest BCUT2D eigenvalue weighted by molar-refractivity contribution is 0.0506. The summed E-state index contributed by atoms with van der Waals surface area (Å²) in [6.07, 6.45) is 1.43. The molecular formula is C19H31N3O3. The van der Waals surface area contributed by atoms with Crippen LogP contribution >= 0.6 is 0 Å². The van der Waals surface area contributed by atoms with Crippen LogP contribution in [-0.2, 0) is 11.2 Å². The van der Waals surface area contributed by atoms with E-state index in [9.17, 15) is 4.79 Å². The molecule has 0 spiro atoms. The van der Waals surface area contributed by atoms with Crippen molar-refractivity contribution in [2.45, 2.75) is 45.3 Å². The summed E-state index contributed by atoms with van der Waals surface area (Å²) in [4.78, 5) is 13.9. The summed E-state index contributed by atoms with van der Waals surface area (Å²) in [5.41, 5.74) is 1.80. The summed E-state index contributed by atoms with van der Waals surface area (Å²) in [6.45, 7) is 8.00. The van der Waals surface area contributed by atoms with Crippen molar-refractivity contribution < 1.29 is 14.3 Å². The van der Waals surface area contributed by atoms with Crippen LogP contribution in [0.25, 0.3) is 0 Å². The van der Waals surface area contributed by atoms with Gasteiger partial charge in [0.2, 0.25) is 0 Å². The zero-order chi connectivity index (χ0) is 18.4. The summed E-state index contributed by atoms with van der Waals surface area (Å²) in [5.74, 6) is 0.898. The number of carbonyl (C=O) groups excluding carboxylic acids is 1. The van der Waals surface area contributed by atoms with Crippen LogP contribution in [0.5, 0.6) is 5.75 Å².